The van der Waals surface area contributed by atoms with E-state index < -0.39 is 5.54 Å². The highest BCUT2D eigenvalue weighted by Crippen LogP contribution is 2.44. The smallest absolute Gasteiger partial charge is 0.265 e. The Morgan fingerprint density at radius 2 is 1.47 bits per heavy atom. The van der Waals surface area contributed by atoms with E-state index in [1.54, 1.807) is 19.4 Å². The Morgan fingerprint density at radius 3 is 2.09 bits per heavy atom. The van der Waals surface area contributed by atoms with Gasteiger partial charge in [0.05, 0.1) is 12.1 Å². The minimum absolute atomic E-state index is 0.219. The van der Waals surface area contributed by atoms with Crippen LogP contribution in [0.5, 0.6) is 0 Å². The molecule has 0 bridgehead atoms. The first-order chi connectivity index (χ1) is 26.9. The number of pyridine rings is 1. The van der Waals surface area contributed by atoms with Crippen molar-refractivity contribution >= 4 is 16.8 Å². The lowest BCUT2D eigenvalue weighted by Gasteiger charge is -2.42. The lowest BCUT2D eigenvalue weighted by atomic mass is 9.76. The molecule has 276 valence electrons. The van der Waals surface area contributed by atoms with Crippen molar-refractivity contribution in [3.05, 3.63) is 191 Å². The number of piperidine rings is 1. The van der Waals surface area contributed by atoms with Crippen LogP contribution in [0, 0.1) is 18.2 Å². The third kappa shape index (κ3) is 6.84. The van der Waals surface area contributed by atoms with Crippen LogP contribution < -0.4 is 5.43 Å². The lowest BCUT2D eigenvalue weighted by Crippen LogP contribution is -2.53. The summed E-state index contributed by atoms with van der Waals surface area (Å²) in [4.78, 5) is 18.9. The number of halogens is 1. The van der Waals surface area contributed by atoms with Gasteiger partial charge in [-0.05, 0) is 84.8 Å². The van der Waals surface area contributed by atoms with Crippen LogP contribution in [0.1, 0.15) is 51.1 Å². The van der Waals surface area contributed by atoms with Gasteiger partial charge in [0.25, 0.3) is 5.91 Å². The molecule has 1 amide bonds. The average Bonchev–Trinajstić information content (AvgIpc) is 3.59. The summed E-state index contributed by atoms with van der Waals surface area (Å²) in [5.41, 5.74) is 9.64. The van der Waals surface area contributed by atoms with Crippen molar-refractivity contribution in [3.8, 4) is 11.3 Å². The van der Waals surface area contributed by atoms with E-state index in [1.165, 1.54) is 6.07 Å². The molecule has 0 spiro atoms. The number of amides is 1. The number of ether oxygens (including phenoxy) is 1. The fraction of sp³-hybridized carbons (Fsp3) is 0.213. The molecule has 1 N–H and O–H groups in total. The summed E-state index contributed by atoms with van der Waals surface area (Å²) in [7, 11) is 1.68. The number of aryl methyl sites for hydroxylation is 1. The topological polar surface area (TPSA) is 72.3 Å². The summed E-state index contributed by atoms with van der Waals surface area (Å²) in [5, 5.41) is 8.32. The number of hydrazine groups is 1. The number of carbonyl (C=O) groups excluding carboxylic acids is 1. The molecule has 8 rings (SSSR count). The zero-order valence-corrected chi connectivity index (χ0v) is 31.2. The van der Waals surface area contributed by atoms with Crippen molar-refractivity contribution in [1.29, 1.82) is 0 Å². The summed E-state index contributed by atoms with van der Waals surface area (Å²) in [6, 6.07) is 48.1. The number of nitrogens with one attached hydrogen (secondary N) is 1. The molecule has 55 heavy (non-hydrogen) atoms. The molecule has 1 unspecified atom stereocenters. The van der Waals surface area contributed by atoms with Gasteiger partial charge in [0.2, 0.25) is 0 Å². The quantitative estimate of drug-likeness (QED) is 0.135. The van der Waals surface area contributed by atoms with Gasteiger partial charge < -0.3 is 4.74 Å². The predicted octanol–water partition coefficient (Wildman–Crippen LogP) is 9.00. The largest absolute Gasteiger partial charge is 0.384 e. The molecule has 1 aliphatic rings. The second-order valence-corrected chi connectivity index (χ2v) is 14.6. The number of fused-ring (bicyclic) bond motifs is 1. The van der Waals surface area contributed by atoms with Crippen LogP contribution >= 0.6 is 0 Å². The van der Waals surface area contributed by atoms with Gasteiger partial charge >= 0.3 is 0 Å². The van der Waals surface area contributed by atoms with E-state index in [0.29, 0.717) is 37.2 Å². The lowest BCUT2D eigenvalue weighted by molar-refractivity contribution is -0.00620. The number of hydrogen-bond donors (Lipinski definition) is 1. The van der Waals surface area contributed by atoms with E-state index in [2.05, 4.69) is 87.9 Å². The Balaban J connectivity index is 1.25. The van der Waals surface area contributed by atoms with E-state index in [-0.39, 0.29) is 17.1 Å². The van der Waals surface area contributed by atoms with E-state index in [4.69, 9.17) is 9.84 Å². The molecular formula is C47H44FN5O2. The van der Waals surface area contributed by atoms with Crippen LogP contribution in [0.3, 0.4) is 0 Å². The number of methoxy groups -OCH3 is 1. The molecule has 0 radical (unpaired) electrons. The normalized spacial score (nSPS) is 16.3. The molecule has 1 saturated heterocycles. The summed E-state index contributed by atoms with van der Waals surface area (Å²) < 4.78 is 22.6. The van der Waals surface area contributed by atoms with Gasteiger partial charge in [-0.25, -0.2) is 14.1 Å². The molecule has 5 aromatic carbocycles. The minimum Gasteiger partial charge on any atom is -0.384 e. The highest BCUT2D eigenvalue weighted by Gasteiger charge is 2.41. The van der Waals surface area contributed by atoms with Crippen molar-refractivity contribution in [2.24, 2.45) is 5.41 Å². The molecule has 7 nitrogen and oxygen atoms in total. The number of carbonyl (C=O) groups is 1. The van der Waals surface area contributed by atoms with Gasteiger partial charge in [0.15, 0.2) is 0 Å². The molecule has 0 aliphatic carbocycles. The number of rotatable bonds is 11. The summed E-state index contributed by atoms with van der Waals surface area (Å²) in [6.45, 7) is 3.66. The van der Waals surface area contributed by atoms with Gasteiger partial charge in [-0.15, -0.1) is 0 Å². The summed E-state index contributed by atoms with van der Waals surface area (Å²) >= 11 is 0. The first kappa shape index (κ1) is 36.0. The first-order valence-electron chi connectivity index (χ1n) is 18.8. The molecule has 1 atom stereocenters. The van der Waals surface area contributed by atoms with E-state index in [1.807, 2.05) is 72.6 Å². The number of nitrogens with zero attached hydrogens (tertiary/aromatic N) is 4. The highest BCUT2D eigenvalue weighted by molar-refractivity contribution is 6.02. The molecule has 3 heterocycles. The van der Waals surface area contributed by atoms with Crippen molar-refractivity contribution in [2.45, 2.75) is 31.7 Å². The van der Waals surface area contributed by atoms with Crippen LogP contribution in [0.4, 0.5) is 4.39 Å². The number of hydrogen-bond acceptors (Lipinski definition) is 5. The Kier molecular flexibility index (Phi) is 10.1. The van der Waals surface area contributed by atoms with Crippen molar-refractivity contribution in [3.63, 3.8) is 0 Å². The van der Waals surface area contributed by atoms with Crippen LogP contribution in [-0.4, -0.2) is 52.5 Å². The maximum atomic E-state index is 14.8. The first-order valence-corrected chi connectivity index (χ1v) is 18.8. The Morgan fingerprint density at radius 1 is 0.836 bits per heavy atom. The third-order valence-corrected chi connectivity index (χ3v) is 11.0. The molecular weight excluding hydrogens is 686 g/mol. The van der Waals surface area contributed by atoms with Gasteiger partial charge in [0, 0.05) is 54.0 Å². The van der Waals surface area contributed by atoms with E-state index in [9.17, 15) is 9.18 Å². The van der Waals surface area contributed by atoms with Crippen molar-refractivity contribution < 1.29 is 13.9 Å². The second-order valence-electron chi connectivity index (χ2n) is 14.6. The van der Waals surface area contributed by atoms with Gasteiger partial charge in [-0.2, -0.15) is 5.10 Å². The van der Waals surface area contributed by atoms with Gasteiger partial charge in [-0.1, -0.05) is 109 Å². The fourth-order valence-electron chi connectivity index (χ4n) is 8.53. The van der Waals surface area contributed by atoms with Crippen molar-refractivity contribution in [1.82, 2.24) is 25.2 Å². The standard InChI is InChI=1S/C47H44FN5O2/c1-34-40(23-14-28-49-34)44-41-30-35(45(54)51-52-29-15-27-46(32-52,33-55-2)31-36-16-12-13-24-42(36)48)25-26-43(41)53(50-44)47(37-17-6-3-7-18-37,38-19-8-4-9-20-38)39-21-10-5-11-22-39/h3-14,16-26,28,30H,15,27,29,31-33H2,1-2H3,(H,51,54). The minimum atomic E-state index is -0.864. The average molecular weight is 730 g/mol. The van der Waals surface area contributed by atoms with Gasteiger partial charge in [-0.3, -0.25) is 15.2 Å². The molecule has 8 heteroatoms. The number of benzene rings is 5. The Bertz CT molecular complexity index is 2320. The second kappa shape index (κ2) is 15.4. The molecule has 7 aromatic rings. The third-order valence-electron chi connectivity index (χ3n) is 11.0. The SMILES string of the molecule is COCC1(Cc2ccccc2F)CCCN(NC(=O)c2ccc3c(c2)c(-c2cccnc2C)nn3C(c2ccccc2)(c2ccccc2)c2ccccc2)C1. The maximum absolute atomic E-state index is 14.8. The fourth-order valence-corrected chi connectivity index (χ4v) is 8.53. The summed E-state index contributed by atoms with van der Waals surface area (Å²) in [5.74, 6) is -0.438. The van der Waals surface area contributed by atoms with Crippen molar-refractivity contribution in [2.75, 3.05) is 26.8 Å². The molecule has 2 aromatic heterocycles. The zero-order chi connectivity index (χ0) is 37.8. The van der Waals surface area contributed by atoms with Crippen LogP contribution in [-0.2, 0) is 16.7 Å². The molecule has 1 aliphatic heterocycles. The predicted molar refractivity (Wildman–Crippen MR) is 215 cm³/mol. The molecule has 1 fully saturated rings. The van der Waals surface area contributed by atoms with Crippen LogP contribution in [0.25, 0.3) is 22.2 Å². The zero-order valence-electron chi connectivity index (χ0n) is 31.2. The molecule has 0 saturated carbocycles. The summed E-state index contributed by atoms with van der Waals surface area (Å²) in [6.07, 6.45) is 4.01. The Labute approximate surface area is 321 Å². The highest BCUT2D eigenvalue weighted by atomic mass is 19.1. The van der Waals surface area contributed by atoms with Gasteiger partial charge in [0.1, 0.15) is 17.1 Å². The maximum Gasteiger partial charge on any atom is 0.265 e. The van der Waals surface area contributed by atoms with E-state index >= 15 is 0 Å². The van der Waals surface area contributed by atoms with E-state index in [0.717, 1.165) is 57.4 Å². The van der Waals surface area contributed by atoms with Crippen LogP contribution in [0.15, 0.2) is 152 Å². The van der Waals surface area contributed by atoms with Crippen LogP contribution in [0.2, 0.25) is 0 Å². The number of aromatic nitrogens is 3. The Hall–Kier alpha value is -5.96. The monoisotopic (exact) mass is 729 g/mol.